The molecule has 5 nitrogen and oxygen atoms in total. The van der Waals surface area contributed by atoms with Gasteiger partial charge in [-0.15, -0.1) is 0 Å². The van der Waals surface area contributed by atoms with Gasteiger partial charge in [0.1, 0.15) is 5.82 Å². The molecule has 0 bridgehead atoms. The molecule has 1 aromatic heterocycles. The van der Waals surface area contributed by atoms with E-state index in [9.17, 15) is 5.11 Å². The predicted molar refractivity (Wildman–Crippen MR) is 68.0 cm³/mol. The standard InChI is InChI=1S/C12H20N4O/c1-2-13-12-14-7-6-11(16-12)15-8-9-4-3-5-10(9)17/h6-7,9-10,17H,2-5,8H2,1H3,(H2,13,14,15,16). The minimum atomic E-state index is -0.155. The van der Waals surface area contributed by atoms with Crippen LogP contribution in [0.25, 0.3) is 0 Å². The Balaban J connectivity index is 1.87. The molecule has 0 aliphatic heterocycles. The molecule has 0 spiro atoms. The normalized spacial score (nSPS) is 23.6. The van der Waals surface area contributed by atoms with Crippen molar-refractivity contribution < 1.29 is 5.11 Å². The Morgan fingerprint density at radius 2 is 2.29 bits per heavy atom. The molecule has 0 aromatic carbocycles. The molecule has 1 aliphatic rings. The summed E-state index contributed by atoms with van der Waals surface area (Å²) in [5, 5.41) is 16.1. The first-order chi connectivity index (χ1) is 8.29. The smallest absolute Gasteiger partial charge is 0.224 e. The Morgan fingerprint density at radius 1 is 1.41 bits per heavy atom. The van der Waals surface area contributed by atoms with Crippen molar-refractivity contribution in [1.29, 1.82) is 0 Å². The molecule has 17 heavy (non-hydrogen) atoms. The first-order valence-corrected chi connectivity index (χ1v) is 6.28. The average Bonchev–Trinajstić information content (AvgIpc) is 2.73. The summed E-state index contributed by atoms with van der Waals surface area (Å²) in [5.74, 6) is 1.81. The zero-order valence-corrected chi connectivity index (χ0v) is 10.2. The summed E-state index contributed by atoms with van der Waals surface area (Å²) in [6.07, 6.45) is 4.73. The van der Waals surface area contributed by atoms with Gasteiger partial charge in [0.2, 0.25) is 5.95 Å². The number of anilines is 2. The van der Waals surface area contributed by atoms with Crippen LogP contribution in [0.1, 0.15) is 26.2 Å². The Hall–Kier alpha value is -1.36. The number of nitrogens with zero attached hydrogens (tertiary/aromatic N) is 2. The van der Waals surface area contributed by atoms with Crippen LogP contribution in [-0.2, 0) is 0 Å². The molecule has 0 amide bonds. The molecule has 2 rings (SSSR count). The number of aromatic nitrogens is 2. The highest BCUT2D eigenvalue weighted by molar-refractivity contribution is 5.39. The molecule has 1 heterocycles. The van der Waals surface area contributed by atoms with Crippen molar-refractivity contribution in [2.45, 2.75) is 32.3 Å². The third-order valence-electron chi connectivity index (χ3n) is 3.15. The maximum Gasteiger partial charge on any atom is 0.224 e. The molecule has 1 fully saturated rings. The second-order valence-corrected chi connectivity index (χ2v) is 4.44. The highest BCUT2D eigenvalue weighted by atomic mass is 16.3. The summed E-state index contributed by atoms with van der Waals surface area (Å²) in [7, 11) is 0. The molecule has 94 valence electrons. The fourth-order valence-corrected chi connectivity index (χ4v) is 2.19. The van der Waals surface area contributed by atoms with E-state index in [0.29, 0.717) is 11.9 Å². The van der Waals surface area contributed by atoms with Crippen molar-refractivity contribution in [3.8, 4) is 0 Å². The lowest BCUT2D eigenvalue weighted by Crippen LogP contribution is -2.22. The van der Waals surface area contributed by atoms with Crippen molar-refractivity contribution in [1.82, 2.24) is 9.97 Å². The first kappa shape index (κ1) is 12.1. The van der Waals surface area contributed by atoms with Gasteiger partial charge in [-0.25, -0.2) is 4.98 Å². The second-order valence-electron chi connectivity index (χ2n) is 4.44. The molecular weight excluding hydrogens is 216 g/mol. The quantitative estimate of drug-likeness (QED) is 0.722. The van der Waals surface area contributed by atoms with Gasteiger partial charge in [0.15, 0.2) is 0 Å². The van der Waals surface area contributed by atoms with Crippen molar-refractivity contribution >= 4 is 11.8 Å². The lowest BCUT2D eigenvalue weighted by molar-refractivity contribution is 0.138. The maximum atomic E-state index is 9.72. The molecule has 1 aliphatic carbocycles. The van der Waals surface area contributed by atoms with Crippen LogP contribution in [-0.4, -0.2) is 34.3 Å². The van der Waals surface area contributed by atoms with E-state index in [-0.39, 0.29) is 6.10 Å². The van der Waals surface area contributed by atoms with Crippen molar-refractivity contribution in [2.24, 2.45) is 5.92 Å². The van der Waals surface area contributed by atoms with Crippen molar-refractivity contribution in [2.75, 3.05) is 23.7 Å². The van der Waals surface area contributed by atoms with Gasteiger partial charge in [0.25, 0.3) is 0 Å². The van der Waals surface area contributed by atoms with Gasteiger partial charge in [0, 0.05) is 25.2 Å². The third kappa shape index (κ3) is 3.30. The number of rotatable bonds is 5. The van der Waals surface area contributed by atoms with Crippen molar-refractivity contribution in [3.05, 3.63) is 12.3 Å². The van der Waals surface area contributed by atoms with E-state index in [0.717, 1.165) is 38.2 Å². The summed E-state index contributed by atoms with van der Waals surface area (Å²) >= 11 is 0. The van der Waals surface area contributed by atoms with Gasteiger partial charge in [-0.2, -0.15) is 4.98 Å². The third-order valence-corrected chi connectivity index (χ3v) is 3.15. The number of aliphatic hydroxyl groups is 1. The van der Waals surface area contributed by atoms with Crippen LogP contribution >= 0.6 is 0 Å². The van der Waals surface area contributed by atoms with Gasteiger partial charge in [0.05, 0.1) is 6.10 Å². The number of nitrogens with one attached hydrogen (secondary N) is 2. The monoisotopic (exact) mass is 236 g/mol. The van der Waals surface area contributed by atoms with Gasteiger partial charge in [-0.1, -0.05) is 6.42 Å². The second kappa shape index (κ2) is 5.82. The molecule has 0 radical (unpaired) electrons. The minimum absolute atomic E-state index is 0.155. The Kier molecular flexibility index (Phi) is 4.14. The highest BCUT2D eigenvalue weighted by Gasteiger charge is 2.24. The first-order valence-electron chi connectivity index (χ1n) is 6.28. The zero-order valence-electron chi connectivity index (χ0n) is 10.2. The summed E-state index contributed by atoms with van der Waals surface area (Å²) < 4.78 is 0. The van der Waals surface area contributed by atoms with E-state index in [1.165, 1.54) is 0 Å². The highest BCUT2D eigenvalue weighted by Crippen LogP contribution is 2.25. The predicted octanol–water partition coefficient (Wildman–Crippen LogP) is 1.48. The molecule has 1 aromatic rings. The average molecular weight is 236 g/mol. The largest absolute Gasteiger partial charge is 0.393 e. The van der Waals surface area contributed by atoms with Crippen LogP contribution in [0.3, 0.4) is 0 Å². The maximum absolute atomic E-state index is 9.72. The molecular formula is C12H20N4O. The van der Waals surface area contributed by atoms with Crippen molar-refractivity contribution in [3.63, 3.8) is 0 Å². The number of aliphatic hydroxyl groups excluding tert-OH is 1. The minimum Gasteiger partial charge on any atom is -0.393 e. The molecule has 5 heteroatoms. The Bertz CT molecular complexity index is 358. The van der Waals surface area contributed by atoms with E-state index in [4.69, 9.17) is 0 Å². The van der Waals surface area contributed by atoms with E-state index in [1.54, 1.807) is 6.20 Å². The topological polar surface area (TPSA) is 70.1 Å². The van der Waals surface area contributed by atoms with Crippen LogP contribution in [0.15, 0.2) is 12.3 Å². The fourth-order valence-electron chi connectivity index (χ4n) is 2.19. The lowest BCUT2D eigenvalue weighted by atomic mass is 10.1. The summed E-state index contributed by atoms with van der Waals surface area (Å²) in [6, 6.07) is 1.85. The SMILES string of the molecule is CCNc1nccc(NCC2CCCC2O)n1. The van der Waals surface area contributed by atoms with E-state index in [1.807, 2.05) is 13.0 Å². The van der Waals surface area contributed by atoms with Gasteiger partial charge >= 0.3 is 0 Å². The summed E-state index contributed by atoms with van der Waals surface area (Å²) in [5.41, 5.74) is 0. The van der Waals surface area contributed by atoms with Crippen LogP contribution < -0.4 is 10.6 Å². The summed E-state index contributed by atoms with van der Waals surface area (Å²) in [6.45, 7) is 3.60. The van der Waals surface area contributed by atoms with E-state index >= 15 is 0 Å². The molecule has 2 unspecified atom stereocenters. The summed E-state index contributed by atoms with van der Waals surface area (Å²) in [4.78, 5) is 8.45. The lowest BCUT2D eigenvalue weighted by Gasteiger charge is -2.15. The van der Waals surface area contributed by atoms with Gasteiger partial charge in [-0.3, -0.25) is 0 Å². The van der Waals surface area contributed by atoms with Crippen LogP contribution in [0.4, 0.5) is 11.8 Å². The molecule has 1 saturated carbocycles. The van der Waals surface area contributed by atoms with E-state index < -0.39 is 0 Å². The number of hydrogen-bond donors (Lipinski definition) is 3. The Labute approximate surface area is 102 Å². The molecule has 0 saturated heterocycles. The number of hydrogen-bond acceptors (Lipinski definition) is 5. The van der Waals surface area contributed by atoms with Gasteiger partial charge in [-0.05, 0) is 25.8 Å². The molecule has 3 N–H and O–H groups in total. The zero-order chi connectivity index (χ0) is 12.1. The Morgan fingerprint density at radius 3 is 3.00 bits per heavy atom. The van der Waals surface area contributed by atoms with Gasteiger partial charge < -0.3 is 15.7 Å². The fraction of sp³-hybridized carbons (Fsp3) is 0.667. The molecule has 2 atom stereocenters. The van der Waals surface area contributed by atoms with Crippen LogP contribution in [0.2, 0.25) is 0 Å². The van der Waals surface area contributed by atoms with Crippen LogP contribution in [0.5, 0.6) is 0 Å². The van der Waals surface area contributed by atoms with Crippen LogP contribution in [0, 0.1) is 5.92 Å². The van der Waals surface area contributed by atoms with E-state index in [2.05, 4.69) is 20.6 Å².